The Morgan fingerprint density at radius 3 is 1.69 bits per heavy atom. The third-order valence-electron chi connectivity index (χ3n) is 6.18. The smallest absolute Gasteiger partial charge is 0.268 e. The summed E-state index contributed by atoms with van der Waals surface area (Å²) in [6.07, 6.45) is 17.0. The number of sulfone groups is 1. The van der Waals surface area contributed by atoms with E-state index in [1.54, 1.807) is 0 Å². The molecule has 0 saturated carbocycles. The molecule has 0 aliphatic carbocycles. The molecule has 36 heavy (non-hydrogen) atoms. The Balaban J connectivity index is 4.01. The van der Waals surface area contributed by atoms with E-state index in [9.17, 15) is 17.9 Å². The molecule has 218 valence electrons. The van der Waals surface area contributed by atoms with E-state index >= 15 is 0 Å². The predicted molar refractivity (Wildman–Crippen MR) is 147 cm³/mol. The lowest BCUT2D eigenvalue weighted by Gasteiger charge is -2.28. The van der Waals surface area contributed by atoms with E-state index in [1.807, 2.05) is 21.1 Å². The van der Waals surface area contributed by atoms with Crippen LogP contribution in [0.15, 0.2) is 0 Å². The second kappa shape index (κ2) is 20.9. The van der Waals surface area contributed by atoms with Crippen molar-refractivity contribution >= 4 is 17.7 Å². The molecule has 0 spiro atoms. The fourth-order valence-corrected chi connectivity index (χ4v) is 6.49. The first-order valence-corrected chi connectivity index (χ1v) is 17.3. The first kappa shape index (κ1) is 36.0. The Kier molecular flexibility index (Phi) is 20.9. The molecule has 0 saturated heterocycles. The molecule has 0 aliphatic heterocycles. The summed E-state index contributed by atoms with van der Waals surface area (Å²) < 4.78 is 52.6. The van der Waals surface area contributed by atoms with E-state index in [0.717, 1.165) is 19.3 Å². The number of unbranched alkanes of at least 4 members (excludes halogenated alkanes) is 13. The normalized spacial score (nSPS) is 15.2. The monoisotopic (exact) mass is 557 g/mol. The number of hydrogen-bond acceptors (Lipinski definition) is 7. The number of likely N-dealkylation sites (N-methyl/N-ethyl adjacent to an activating group) is 1. The van der Waals surface area contributed by atoms with Crippen LogP contribution < -0.4 is 4.89 Å². The van der Waals surface area contributed by atoms with Crippen LogP contribution in [-0.2, 0) is 28.2 Å². The van der Waals surface area contributed by atoms with Crippen LogP contribution in [-0.4, -0.2) is 79.0 Å². The van der Waals surface area contributed by atoms with Gasteiger partial charge in [0.2, 0.25) is 0 Å². The third kappa shape index (κ3) is 24.3. The van der Waals surface area contributed by atoms with Crippen molar-refractivity contribution in [2.75, 3.05) is 66.1 Å². The molecule has 0 rings (SSSR count). The minimum atomic E-state index is -4.48. The van der Waals surface area contributed by atoms with Crippen molar-refractivity contribution in [3.05, 3.63) is 0 Å². The standard InChI is InChI=1S/C26H56NO7PS/c1-6-7-8-9-10-11-12-13-14-15-16-17-18-19-22-36(30,31)25-26(23-32-5)24-34-35(28,29)33-21-20-27(2,3)4/h26H,6-25H2,1-5H3. The summed E-state index contributed by atoms with van der Waals surface area (Å²) in [5.41, 5.74) is 0. The molecule has 0 aliphatic rings. The van der Waals surface area contributed by atoms with Gasteiger partial charge in [-0.15, -0.1) is 0 Å². The minimum Gasteiger partial charge on any atom is -0.756 e. The van der Waals surface area contributed by atoms with Crippen molar-refractivity contribution in [3.8, 4) is 0 Å². The van der Waals surface area contributed by atoms with Crippen molar-refractivity contribution in [2.24, 2.45) is 5.92 Å². The topological polar surface area (TPSA) is 102 Å². The number of hydrogen-bond donors (Lipinski definition) is 0. The molecule has 0 fully saturated rings. The highest BCUT2D eigenvalue weighted by molar-refractivity contribution is 7.91. The number of phosphoric acid groups is 1. The van der Waals surface area contributed by atoms with Crippen molar-refractivity contribution in [1.82, 2.24) is 0 Å². The second-order valence-electron chi connectivity index (χ2n) is 11.1. The van der Waals surface area contributed by atoms with Crippen LogP contribution in [0.5, 0.6) is 0 Å². The van der Waals surface area contributed by atoms with E-state index in [-0.39, 0.29) is 31.3 Å². The van der Waals surface area contributed by atoms with Crippen LogP contribution in [0.25, 0.3) is 0 Å². The van der Waals surface area contributed by atoms with E-state index in [0.29, 0.717) is 17.4 Å². The Labute approximate surface area is 222 Å². The number of rotatable bonds is 26. The van der Waals surface area contributed by atoms with E-state index < -0.39 is 23.6 Å². The molecule has 0 heterocycles. The number of quaternary nitrogens is 1. The molecule has 0 N–H and O–H groups in total. The number of methoxy groups -OCH3 is 1. The second-order valence-corrected chi connectivity index (χ2v) is 14.8. The van der Waals surface area contributed by atoms with Gasteiger partial charge in [-0.2, -0.15) is 0 Å². The minimum absolute atomic E-state index is 0.0106. The van der Waals surface area contributed by atoms with Crippen LogP contribution in [0, 0.1) is 5.92 Å². The zero-order chi connectivity index (χ0) is 27.3. The van der Waals surface area contributed by atoms with E-state index in [1.165, 1.54) is 71.3 Å². The molecule has 2 unspecified atom stereocenters. The van der Waals surface area contributed by atoms with Crippen molar-refractivity contribution in [2.45, 2.75) is 96.8 Å². The van der Waals surface area contributed by atoms with Gasteiger partial charge in [-0.3, -0.25) is 4.57 Å². The van der Waals surface area contributed by atoms with Crippen LogP contribution in [0.4, 0.5) is 0 Å². The quantitative estimate of drug-likeness (QED) is 0.0802. The van der Waals surface area contributed by atoms with Crippen LogP contribution in [0.2, 0.25) is 0 Å². The van der Waals surface area contributed by atoms with Crippen molar-refractivity contribution < 1.29 is 36.1 Å². The lowest BCUT2D eigenvalue weighted by atomic mass is 10.0. The molecule has 8 nitrogen and oxygen atoms in total. The molecule has 0 aromatic carbocycles. The average molecular weight is 558 g/mol. The van der Waals surface area contributed by atoms with E-state index in [4.69, 9.17) is 13.8 Å². The maximum absolute atomic E-state index is 12.5. The van der Waals surface area contributed by atoms with E-state index in [2.05, 4.69) is 6.92 Å². The van der Waals surface area contributed by atoms with Crippen molar-refractivity contribution in [3.63, 3.8) is 0 Å². The highest BCUT2D eigenvalue weighted by Gasteiger charge is 2.22. The lowest BCUT2D eigenvalue weighted by molar-refractivity contribution is -0.870. The molecule has 0 bridgehead atoms. The van der Waals surface area contributed by atoms with Gasteiger partial charge in [0.15, 0.2) is 9.84 Å². The molecule has 0 amide bonds. The fraction of sp³-hybridized carbons (Fsp3) is 1.00. The summed E-state index contributed by atoms with van der Waals surface area (Å²) in [7, 11) is -0.559. The summed E-state index contributed by atoms with van der Waals surface area (Å²) in [6.45, 7) is 2.60. The van der Waals surface area contributed by atoms with Gasteiger partial charge in [0.05, 0.1) is 45.9 Å². The number of ether oxygens (including phenoxy) is 1. The lowest BCUT2D eigenvalue weighted by Crippen LogP contribution is -2.37. The van der Waals surface area contributed by atoms with Gasteiger partial charge in [-0.1, -0.05) is 90.4 Å². The Hall–Kier alpha value is -0.0200. The molecular formula is C26H56NO7PS. The van der Waals surface area contributed by atoms with Crippen molar-refractivity contribution in [1.29, 1.82) is 0 Å². The largest absolute Gasteiger partial charge is 0.756 e. The summed E-state index contributed by atoms with van der Waals surface area (Å²) in [5.74, 6) is -0.603. The summed E-state index contributed by atoms with van der Waals surface area (Å²) >= 11 is 0. The molecular weight excluding hydrogens is 501 g/mol. The summed E-state index contributed by atoms with van der Waals surface area (Å²) in [5, 5.41) is 0. The van der Waals surface area contributed by atoms with Crippen LogP contribution in [0.1, 0.15) is 96.8 Å². The van der Waals surface area contributed by atoms with Gasteiger partial charge in [0, 0.05) is 13.0 Å². The van der Waals surface area contributed by atoms with Gasteiger partial charge in [-0.05, 0) is 6.42 Å². The maximum Gasteiger partial charge on any atom is 0.268 e. The number of phosphoric ester groups is 1. The van der Waals surface area contributed by atoms with Gasteiger partial charge < -0.3 is 23.2 Å². The highest BCUT2D eigenvalue weighted by atomic mass is 32.2. The number of nitrogens with zero attached hydrogens (tertiary/aromatic N) is 1. The Morgan fingerprint density at radius 1 is 0.778 bits per heavy atom. The first-order valence-electron chi connectivity index (χ1n) is 14.0. The average Bonchev–Trinajstić information content (AvgIpc) is 2.76. The molecule has 2 atom stereocenters. The van der Waals surface area contributed by atoms with Crippen LogP contribution in [0.3, 0.4) is 0 Å². The predicted octanol–water partition coefficient (Wildman–Crippen LogP) is 5.35. The SMILES string of the molecule is CCCCCCCCCCCCCCCCS(=O)(=O)CC(COC)COP(=O)([O-])OCC[N+](C)(C)C. The maximum atomic E-state index is 12.5. The molecule has 10 heteroatoms. The Morgan fingerprint density at radius 2 is 1.25 bits per heavy atom. The molecule has 0 radical (unpaired) electrons. The van der Waals surface area contributed by atoms with Gasteiger partial charge in [0.25, 0.3) is 7.82 Å². The van der Waals surface area contributed by atoms with Gasteiger partial charge in [-0.25, -0.2) is 8.42 Å². The third-order valence-corrected chi connectivity index (χ3v) is 9.03. The molecule has 0 aromatic heterocycles. The fourth-order valence-electron chi connectivity index (χ4n) is 4.00. The zero-order valence-electron chi connectivity index (χ0n) is 23.9. The van der Waals surface area contributed by atoms with Gasteiger partial charge in [0.1, 0.15) is 13.2 Å². The molecule has 0 aromatic rings. The van der Waals surface area contributed by atoms with Gasteiger partial charge >= 0.3 is 0 Å². The summed E-state index contributed by atoms with van der Waals surface area (Å²) in [6, 6.07) is 0. The highest BCUT2D eigenvalue weighted by Crippen LogP contribution is 2.38. The zero-order valence-corrected chi connectivity index (χ0v) is 25.6. The van der Waals surface area contributed by atoms with Crippen LogP contribution >= 0.6 is 7.82 Å². The summed E-state index contributed by atoms with van der Waals surface area (Å²) in [4.78, 5) is 12.0. The first-order chi connectivity index (χ1) is 16.9. The Bertz CT molecular complexity index is 668.